The number of carbonyl (C=O) groups is 4. The predicted molar refractivity (Wildman–Crippen MR) is 189 cm³/mol. The van der Waals surface area contributed by atoms with Crippen molar-refractivity contribution in [3.05, 3.63) is 130 Å². The molecule has 52 heavy (non-hydrogen) atoms. The second-order valence-corrected chi connectivity index (χ2v) is 11.1. The molecule has 4 aromatic rings. The van der Waals surface area contributed by atoms with Crippen LogP contribution in [0.3, 0.4) is 0 Å². The Hall–Kier alpha value is -5.92. The van der Waals surface area contributed by atoms with Crippen molar-refractivity contribution in [2.75, 3.05) is 27.3 Å². The van der Waals surface area contributed by atoms with E-state index in [0.29, 0.717) is 11.1 Å². The van der Waals surface area contributed by atoms with Gasteiger partial charge in [-0.15, -0.1) is 0 Å². The van der Waals surface area contributed by atoms with Crippen molar-refractivity contribution < 1.29 is 59.9 Å². The summed E-state index contributed by atoms with van der Waals surface area (Å²) in [6.07, 6.45) is 3.39. The maximum atomic E-state index is 12.9. The molecule has 0 aliphatic heterocycles. The monoisotopic (exact) mass is 745 g/mol. The number of ether oxygens (including phenoxy) is 2. The molecule has 0 aliphatic rings. The number of amides is 2. The van der Waals surface area contributed by atoms with Crippen molar-refractivity contribution in [3.63, 3.8) is 0 Å². The van der Waals surface area contributed by atoms with E-state index in [4.69, 9.17) is 13.1 Å². The van der Waals surface area contributed by atoms with Gasteiger partial charge in [0.2, 0.25) is 0 Å². The van der Waals surface area contributed by atoms with Gasteiger partial charge in [0.1, 0.15) is 23.6 Å². The van der Waals surface area contributed by atoms with Crippen LogP contribution < -0.4 is 10.6 Å². The van der Waals surface area contributed by atoms with Gasteiger partial charge in [-0.3, -0.25) is 19.6 Å². The van der Waals surface area contributed by atoms with Gasteiger partial charge in [-0.05, 0) is 47.5 Å². The fourth-order valence-electron chi connectivity index (χ4n) is 4.88. The van der Waals surface area contributed by atoms with Crippen molar-refractivity contribution in [2.24, 2.45) is 9.98 Å². The first-order chi connectivity index (χ1) is 25.2. The summed E-state index contributed by atoms with van der Waals surface area (Å²) in [5.41, 5.74) is 2.77. The van der Waals surface area contributed by atoms with Crippen LogP contribution in [-0.4, -0.2) is 85.8 Å². The van der Waals surface area contributed by atoms with Gasteiger partial charge in [0, 0.05) is 47.5 Å². The molecule has 0 aliphatic carbocycles. The predicted octanol–water partition coefficient (Wildman–Crippen LogP) is 3.54. The number of carbonyl (C=O) groups excluding carboxylic acids is 4. The van der Waals surface area contributed by atoms with Crippen LogP contribution in [0.25, 0.3) is 0 Å². The molecule has 13 nitrogen and oxygen atoms in total. The van der Waals surface area contributed by atoms with E-state index >= 15 is 0 Å². The van der Waals surface area contributed by atoms with E-state index in [1.54, 1.807) is 0 Å². The molecule has 4 N–H and O–H groups in total. The van der Waals surface area contributed by atoms with Gasteiger partial charge in [0.25, 0.3) is 11.8 Å². The Morgan fingerprint density at radius 2 is 1.00 bits per heavy atom. The molecule has 0 heterocycles. The number of rotatable bonds is 15. The Morgan fingerprint density at radius 3 is 1.33 bits per heavy atom. The van der Waals surface area contributed by atoms with Gasteiger partial charge >= 0.3 is 33.0 Å². The molecule has 0 aromatic heterocycles. The molecule has 4 aromatic carbocycles. The normalized spacial score (nSPS) is 11.9. The Bertz CT molecular complexity index is 1740. The molecule has 2 atom stereocenters. The third-order valence-corrected chi connectivity index (χ3v) is 7.55. The summed E-state index contributed by atoms with van der Waals surface area (Å²) >= 11 is 1.06. The molecular formula is C38H38N4O9V. The Kier molecular flexibility index (Phi) is 16.6. The molecular weight excluding hydrogens is 707 g/mol. The number of phenolic OH excluding ortho intramolecular Hbond substituents is 2. The van der Waals surface area contributed by atoms with Crippen molar-refractivity contribution in [3.8, 4) is 11.5 Å². The summed E-state index contributed by atoms with van der Waals surface area (Å²) in [5.74, 6) is -2.61. The molecule has 2 amide bonds. The van der Waals surface area contributed by atoms with E-state index in [0.717, 1.165) is 28.5 Å². The van der Waals surface area contributed by atoms with Crippen LogP contribution in [0.2, 0.25) is 0 Å². The standard InChI is InChI=1S/C38H38N4O8.O.V/c1-49-37(47)31(19-25-9-5-3-6-10-25)41-35(45)27-13-15-29(33(43)21-27)23-39-17-18-40-24-30-16-14-28(22-34(30)44)36(46)42-32(38(48)50-2)20-26-11-7-4-8-12-26;;/h3-16,21-24,31-32,43-44H,17-20H2,1-2H3,(H,41,45)(H,42,46);;/t31-,32-;;/m0../s1. The number of nitrogens with zero attached hydrogens (tertiary/aromatic N) is 2. The second kappa shape index (κ2) is 21.3. The summed E-state index contributed by atoms with van der Waals surface area (Å²) in [6, 6.07) is 25.3. The SMILES string of the molecule is COC(=O)[C@H](Cc1ccccc1)NC(=O)c1ccc(C=NCCN=Cc2ccc(C(=O)N[C@@H](Cc3ccccc3)C(=O)OC)cc2O)c(O)c1.[O]=[V]. The molecule has 0 saturated carbocycles. The van der Waals surface area contributed by atoms with Gasteiger partial charge < -0.3 is 30.3 Å². The van der Waals surface area contributed by atoms with Gasteiger partial charge in [0.15, 0.2) is 0 Å². The quantitative estimate of drug-likeness (QED) is 0.0801. The molecule has 269 valence electrons. The fourth-order valence-corrected chi connectivity index (χ4v) is 4.88. The molecule has 0 spiro atoms. The van der Waals surface area contributed by atoms with E-state index in [2.05, 4.69) is 20.6 Å². The minimum absolute atomic E-state index is 0.157. The topological polar surface area (TPSA) is 193 Å². The molecule has 0 fully saturated rings. The van der Waals surface area contributed by atoms with Crippen molar-refractivity contribution in [2.45, 2.75) is 24.9 Å². The van der Waals surface area contributed by atoms with Crippen molar-refractivity contribution >= 4 is 36.2 Å². The Morgan fingerprint density at radius 1 is 0.635 bits per heavy atom. The molecule has 0 unspecified atom stereocenters. The van der Waals surface area contributed by atoms with Crippen LogP contribution in [0.15, 0.2) is 107 Å². The van der Waals surface area contributed by atoms with Gasteiger partial charge in [0.05, 0.1) is 27.3 Å². The van der Waals surface area contributed by atoms with E-state index in [-0.39, 0.29) is 48.6 Å². The number of nitrogens with one attached hydrogen (secondary N) is 2. The second-order valence-electron chi connectivity index (χ2n) is 11.1. The number of benzene rings is 4. The first-order valence-electron chi connectivity index (χ1n) is 15.9. The summed E-state index contributed by atoms with van der Waals surface area (Å²) in [6.45, 7) is 0.520. The summed E-state index contributed by atoms with van der Waals surface area (Å²) in [7, 11) is 2.50. The van der Waals surface area contributed by atoms with Gasteiger partial charge in [-0.25, -0.2) is 9.59 Å². The number of hydrogen-bond acceptors (Lipinski definition) is 11. The van der Waals surface area contributed by atoms with Crippen molar-refractivity contribution in [1.82, 2.24) is 10.6 Å². The van der Waals surface area contributed by atoms with E-state index in [1.807, 2.05) is 60.7 Å². The average molecular weight is 746 g/mol. The fraction of sp³-hybridized carbons (Fsp3) is 0.211. The van der Waals surface area contributed by atoms with Crippen LogP contribution in [0.5, 0.6) is 11.5 Å². The van der Waals surface area contributed by atoms with E-state index in [9.17, 15) is 29.4 Å². The third kappa shape index (κ3) is 12.4. The number of hydrogen-bond donors (Lipinski definition) is 4. The number of esters is 2. The Balaban J connectivity index is 0.00000358. The van der Waals surface area contributed by atoms with E-state index in [1.165, 1.54) is 63.0 Å². The Labute approximate surface area is 310 Å². The zero-order valence-corrected chi connectivity index (χ0v) is 29.9. The van der Waals surface area contributed by atoms with Crippen molar-refractivity contribution in [1.29, 1.82) is 0 Å². The molecule has 14 heteroatoms. The average Bonchev–Trinajstić information content (AvgIpc) is 3.17. The zero-order chi connectivity index (χ0) is 37.9. The summed E-state index contributed by atoms with van der Waals surface area (Å²) < 4.78 is 17.9. The first kappa shape index (κ1) is 40.5. The third-order valence-electron chi connectivity index (χ3n) is 7.55. The van der Waals surface area contributed by atoms with Gasteiger partial charge in [-0.1, -0.05) is 60.7 Å². The van der Waals surface area contributed by atoms with Crippen LogP contribution in [-0.2, 0) is 52.9 Å². The first-order valence-corrected chi connectivity index (χ1v) is 16.4. The van der Waals surface area contributed by atoms with Crippen LogP contribution in [0.4, 0.5) is 0 Å². The van der Waals surface area contributed by atoms with Gasteiger partial charge in [-0.2, -0.15) is 0 Å². The summed E-state index contributed by atoms with van der Waals surface area (Å²) in [5, 5.41) is 26.3. The zero-order valence-electron chi connectivity index (χ0n) is 28.5. The minimum atomic E-state index is -0.908. The molecule has 4 rings (SSSR count). The maximum absolute atomic E-state index is 12.9. The molecule has 0 saturated heterocycles. The number of methoxy groups -OCH3 is 2. The number of phenols is 2. The number of aromatic hydroxyl groups is 2. The summed E-state index contributed by atoms with van der Waals surface area (Å²) in [4.78, 5) is 58.8. The van der Waals surface area contributed by atoms with E-state index < -0.39 is 35.8 Å². The number of aliphatic imine (C=N–C) groups is 2. The van der Waals surface area contributed by atoms with Crippen LogP contribution >= 0.6 is 0 Å². The van der Waals surface area contributed by atoms with Crippen LogP contribution in [0.1, 0.15) is 43.0 Å². The molecule has 0 bridgehead atoms. The molecule has 0 radical (unpaired) electrons. The van der Waals surface area contributed by atoms with Crippen LogP contribution in [0, 0.1) is 0 Å².